The Morgan fingerprint density at radius 1 is 1.05 bits per heavy atom. The number of aryl methyl sites for hydroxylation is 1. The molecule has 1 fully saturated rings. The lowest BCUT2D eigenvalue weighted by atomic mass is 9.91. The molecule has 1 aromatic rings. The number of carbonyl (C=O) groups is 1. The van der Waals surface area contributed by atoms with E-state index in [4.69, 9.17) is 4.74 Å². The fourth-order valence-electron chi connectivity index (χ4n) is 3.26. The first-order chi connectivity index (χ1) is 9.84. The molecule has 1 amide bonds. The van der Waals surface area contributed by atoms with Crippen LogP contribution in [0.4, 0.5) is 0 Å². The molecule has 0 unspecified atom stereocenters. The standard InChI is InChI=1S/C17H23NO2/c19-17(18-11-4-1-5-12-18)13-20-16-10-6-8-14-7-2-3-9-15(14)16/h6,8,10H,1-5,7,9,11-13H2. The molecule has 1 heterocycles. The number of ether oxygens (including phenoxy) is 1. The fraction of sp³-hybridized carbons (Fsp3) is 0.588. The van der Waals surface area contributed by atoms with Crippen molar-refractivity contribution in [3.8, 4) is 5.75 Å². The van der Waals surface area contributed by atoms with Crippen molar-refractivity contribution >= 4 is 5.91 Å². The van der Waals surface area contributed by atoms with E-state index in [9.17, 15) is 4.79 Å². The van der Waals surface area contributed by atoms with Gasteiger partial charge in [0, 0.05) is 13.1 Å². The van der Waals surface area contributed by atoms with Crippen LogP contribution in [0.1, 0.15) is 43.2 Å². The molecule has 1 aromatic carbocycles. The van der Waals surface area contributed by atoms with Gasteiger partial charge in [-0.2, -0.15) is 0 Å². The summed E-state index contributed by atoms with van der Waals surface area (Å²) in [5.41, 5.74) is 2.73. The third-order valence-electron chi connectivity index (χ3n) is 4.41. The van der Waals surface area contributed by atoms with Crippen LogP contribution in [0.15, 0.2) is 18.2 Å². The largest absolute Gasteiger partial charge is 0.483 e. The smallest absolute Gasteiger partial charge is 0.260 e. The number of rotatable bonds is 3. The topological polar surface area (TPSA) is 29.5 Å². The summed E-state index contributed by atoms with van der Waals surface area (Å²) in [6.45, 7) is 1.99. The van der Waals surface area contributed by atoms with E-state index in [1.165, 1.54) is 30.4 Å². The average Bonchev–Trinajstić information content (AvgIpc) is 2.53. The van der Waals surface area contributed by atoms with Crippen LogP contribution < -0.4 is 4.74 Å². The van der Waals surface area contributed by atoms with Gasteiger partial charge in [-0.15, -0.1) is 0 Å². The predicted molar refractivity (Wildman–Crippen MR) is 79.0 cm³/mol. The molecule has 0 N–H and O–H groups in total. The first kappa shape index (κ1) is 13.5. The monoisotopic (exact) mass is 273 g/mol. The molecule has 2 aliphatic rings. The molecule has 20 heavy (non-hydrogen) atoms. The fourth-order valence-corrected chi connectivity index (χ4v) is 3.26. The Hall–Kier alpha value is -1.51. The summed E-state index contributed by atoms with van der Waals surface area (Å²) in [5, 5.41) is 0. The Bertz CT molecular complexity index is 478. The highest BCUT2D eigenvalue weighted by atomic mass is 16.5. The molecule has 0 atom stereocenters. The Morgan fingerprint density at radius 2 is 1.85 bits per heavy atom. The van der Waals surface area contributed by atoms with Crippen LogP contribution in [0, 0.1) is 0 Å². The summed E-state index contributed by atoms with van der Waals surface area (Å²) in [6.07, 6.45) is 8.24. The van der Waals surface area contributed by atoms with Crippen LogP contribution >= 0.6 is 0 Å². The normalized spacial score (nSPS) is 18.5. The lowest BCUT2D eigenvalue weighted by Gasteiger charge is -2.27. The molecule has 0 spiro atoms. The van der Waals surface area contributed by atoms with Crippen molar-refractivity contribution < 1.29 is 9.53 Å². The first-order valence-corrected chi connectivity index (χ1v) is 7.86. The van der Waals surface area contributed by atoms with Crippen molar-refractivity contribution in [2.75, 3.05) is 19.7 Å². The van der Waals surface area contributed by atoms with E-state index < -0.39 is 0 Å². The van der Waals surface area contributed by atoms with Crippen LogP contribution in [-0.4, -0.2) is 30.5 Å². The van der Waals surface area contributed by atoms with E-state index in [-0.39, 0.29) is 12.5 Å². The molecule has 0 aromatic heterocycles. The molecule has 3 rings (SSSR count). The zero-order chi connectivity index (χ0) is 13.8. The third-order valence-corrected chi connectivity index (χ3v) is 4.41. The lowest BCUT2D eigenvalue weighted by Crippen LogP contribution is -2.38. The first-order valence-electron chi connectivity index (χ1n) is 7.86. The van der Waals surface area contributed by atoms with Gasteiger partial charge in [-0.25, -0.2) is 0 Å². The van der Waals surface area contributed by atoms with Crippen molar-refractivity contribution in [3.05, 3.63) is 29.3 Å². The predicted octanol–water partition coefficient (Wildman–Crippen LogP) is 2.96. The van der Waals surface area contributed by atoms with Gasteiger partial charge >= 0.3 is 0 Å². The summed E-state index contributed by atoms with van der Waals surface area (Å²) in [5.74, 6) is 1.06. The molecule has 0 radical (unpaired) electrons. The molecular weight excluding hydrogens is 250 g/mol. The summed E-state index contributed by atoms with van der Waals surface area (Å²) in [6, 6.07) is 6.24. The second kappa shape index (κ2) is 6.29. The number of piperidine rings is 1. The Kier molecular flexibility index (Phi) is 4.24. The highest BCUT2D eigenvalue weighted by Crippen LogP contribution is 2.29. The van der Waals surface area contributed by atoms with Gasteiger partial charge in [-0.1, -0.05) is 12.1 Å². The second-order valence-corrected chi connectivity index (χ2v) is 5.83. The van der Waals surface area contributed by atoms with Gasteiger partial charge < -0.3 is 9.64 Å². The van der Waals surface area contributed by atoms with Gasteiger partial charge in [0.2, 0.25) is 0 Å². The number of carbonyl (C=O) groups excluding carboxylic acids is 1. The highest BCUT2D eigenvalue weighted by molar-refractivity contribution is 5.77. The van der Waals surface area contributed by atoms with Crippen LogP contribution in [-0.2, 0) is 17.6 Å². The molecule has 0 bridgehead atoms. The molecule has 1 aliphatic heterocycles. The number of hydrogen-bond acceptors (Lipinski definition) is 2. The number of likely N-dealkylation sites (tertiary alicyclic amines) is 1. The van der Waals surface area contributed by atoms with Crippen molar-refractivity contribution in [3.63, 3.8) is 0 Å². The van der Waals surface area contributed by atoms with Crippen molar-refractivity contribution in [2.24, 2.45) is 0 Å². The molecule has 1 aliphatic carbocycles. The van der Waals surface area contributed by atoms with Gasteiger partial charge in [0.25, 0.3) is 5.91 Å². The van der Waals surface area contributed by atoms with Gasteiger partial charge in [-0.3, -0.25) is 4.79 Å². The third kappa shape index (κ3) is 2.97. The average molecular weight is 273 g/mol. The van der Waals surface area contributed by atoms with E-state index in [0.717, 1.165) is 44.5 Å². The summed E-state index contributed by atoms with van der Waals surface area (Å²) < 4.78 is 5.83. The summed E-state index contributed by atoms with van der Waals surface area (Å²) in [7, 11) is 0. The van der Waals surface area contributed by atoms with Crippen LogP contribution in [0.2, 0.25) is 0 Å². The lowest BCUT2D eigenvalue weighted by molar-refractivity contribution is -0.134. The zero-order valence-electron chi connectivity index (χ0n) is 12.1. The minimum atomic E-state index is 0.137. The van der Waals surface area contributed by atoms with E-state index in [0.29, 0.717) is 0 Å². The van der Waals surface area contributed by atoms with Crippen LogP contribution in [0.25, 0.3) is 0 Å². The number of benzene rings is 1. The van der Waals surface area contributed by atoms with E-state index in [1.54, 1.807) is 0 Å². The number of fused-ring (bicyclic) bond motifs is 1. The van der Waals surface area contributed by atoms with Gasteiger partial charge in [0.1, 0.15) is 5.75 Å². The van der Waals surface area contributed by atoms with Crippen molar-refractivity contribution in [1.82, 2.24) is 4.90 Å². The van der Waals surface area contributed by atoms with E-state index in [1.807, 2.05) is 17.0 Å². The van der Waals surface area contributed by atoms with Gasteiger partial charge in [0.05, 0.1) is 0 Å². The second-order valence-electron chi connectivity index (χ2n) is 5.83. The number of nitrogens with zero attached hydrogens (tertiary/aromatic N) is 1. The van der Waals surface area contributed by atoms with Crippen LogP contribution in [0.3, 0.4) is 0 Å². The summed E-state index contributed by atoms with van der Waals surface area (Å²) >= 11 is 0. The number of hydrogen-bond donors (Lipinski definition) is 0. The molecule has 108 valence electrons. The van der Waals surface area contributed by atoms with Gasteiger partial charge in [0.15, 0.2) is 6.61 Å². The Balaban J connectivity index is 1.62. The molecule has 1 saturated heterocycles. The quantitative estimate of drug-likeness (QED) is 0.847. The summed E-state index contributed by atoms with van der Waals surface area (Å²) in [4.78, 5) is 14.1. The maximum atomic E-state index is 12.1. The zero-order valence-corrected chi connectivity index (χ0v) is 12.1. The van der Waals surface area contributed by atoms with Crippen molar-refractivity contribution in [1.29, 1.82) is 0 Å². The minimum absolute atomic E-state index is 0.137. The number of amides is 1. The van der Waals surface area contributed by atoms with E-state index in [2.05, 4.69) is 6.07 Å². The van der Waals surface area contributed by atoms with Gasteiger partial charge in [-0.05, 0) is 62.1 Å². The van der Waals surface area contributed by atoms with Crippen molar-refractivity contribution in [2.45, 2.75) is 44.9 Å². The Labute approximate surface area is 120 Å². The SMILES string of the molecule is O=C(COc1cccc2c1CCCC2)N1CCCCC1. The minimum Gasteiger partial charge on any atom is -0.483 e. The maximum absolute atomic E-state index is 12.1. The van der Waals surface area contributed by atoms with E-state index >= 15 is 0 Å². The highest BCUT2D eigenvalue weighted by Gasteiger charge is 2.18. The molecule has 3 heteroatoms. The maximum Gasteiger partial charge on any atom is 0.260 e. The molecule has 0 saturated carbocycles. The van der Waals surface area contributed by atoms with Crippen LogP contribution in [0.5, 0.6) is 5.75 Å². The molecule has 3 nitrogen and oxygen atoms in total. The molecular formula is C17H23NO2. The Morgan fingerprint density at radius 3 is 2.70 bits per heavy atom.